The van der Waals surface area contributed by atoms with Gasteiger partial charge in [-0.1, -0.05) is 78.5 Å². The third-order valence-corrected chi connectivity index (χ3v) is 8.75. The molecule has 230 valence electrons. The lowest BCUT2D eigenvalue weighted by Crippen LogP contribution is -2.71. The van der Waals surface area contributed by atoms with E-state index in [4.69, 9.17) is 9.57 Å². The molecule has 3 aromatic rings. The number of thiazole rings is 1. The number of esters is 1. The van der Waals surface area contributed by atoms with E-state index in [0.29, 0.717) is 12.0 Å². The molecule has 2 atom stereocenters. The first-order valence-electron chi connectivity index (χ1n) is 13.3. The third kappa shape index (κ3) is 6.78. The fourth-order valence-corrected chi connectivity index (χ4v) is 6.61. The lowest BCUT2D eigenvalue weighted by molar-refractivity contribution is -0.153. The number of carboxylic acids is 1. The molecule has 0 aliphatic carbocycles. The zero-order valence-electron chi connectivity index (χ0n) is 23.3. The van der Waals surface area contributed by atoms with E-state index < -0.39 is 47.9 Å². The topological polar surface area (TPSA) is 177 Å². The van der Waals surface area contributed by atoms with Crippen molar-refractivity contribution in [1.29, 1.82) is 0 Å². The Kier molecular flexibility index (Phi) is 9.70. The maximum atomic E-state index is 13.4. The smallest absolute Gasteiger partial charge is 0.352 e. The SMILES string of the molecule is C=CC1=C(C(=O)O)N2C(=O)C(NC(=O)/C(=N\OCC(=O)OC(c3ccccc3)c3ccccc3)c3csc(NC=O)n3)[C@H]2SC1. The number of carbonyl (C=O) groups excluding carboxylic acids is 4. The average Bonchev–Trinajstić information content (AvgIpc) is 3.52. The summed E-state index contributed by atoms with van der Waals surface area (Å²) in [6.07, 6.45) is 1.07. The molecule has 3 heterocycles. The van der Waals surface area contributed by atoms with Gasteiger partial charge in [-0.05, 0) is 16.7 Å². The van der Waals surface area contributed by atoms with Crippen LogP contribution in [0, 0.1) is 0 Å². The van der Waals surface area contributed by atoms with Crippen LogP contribution in [0.4, 0.5) is 5.13 Å². The van der Waals surface area contributed by atoms with E-state index in [-0.39, 0.29) is 28.0 Å². The monoisotopic (exact) mass is 647 g/mol. The molecule has 5 rings (SSSR count). The summed E-state index contributed by atoms with van der Waals surface area (Å²) in [5.74, 6) is -3.28. The Morgan fingerprint density at radius 2 is 1.80 bits per heavy atom. The van der Waals surface area contributed by atoms with Gasteiger partial charge in [-0.2, -0.15) is 0 Å². The van der Waals surface area contributed by atoms with Crippen molar-refractivity contribution in [2.45, 2.75) is 17.5 Å². The summed E-state index contributed by atoms with van der Waals surface area (Å²) in [6.45, 7) is 2.95. The summed E-state index contributed by atoms with van der Waals surface area (Å²) in [5, 5.41) is 19.4. The first-order chi connectivity index (χ1) is 21.8. The van der Waals surface area contributed by atoms with Gasteiger partial charge in [0.2, 0.25) is 13.0 Å². The van der Waals surface area contributed by atoms with Gasteiger partial charge in [-0.15, -0.1) is 23.1 Å². The van der Waals surface area contributed by atoms with Crippen LogP contribution in [-0.2, 0) is 33.5 Å². The Bertz CT molecular complexity index is 1650. The lowest BCUT2D eigenvalue weighted by atomic mass is 10.0. The van der Waals surface area contributed by atoms with Crippen LogP contribution in [0.25, 0.3) is 0 Å². The molecule has 2 aliphatic heterocycles. The summed E-state index contributed by atoms with van der Waals surface area (Å²) < 4.78 is 5.71. The number of nitrogens with zero attached hydrogens (tertiary/aromatic N) is 3. The molecule has 0 spiro atoms. The van der Waals surface area contributed by atoms with Crippen molar-refractivity contribution in [3.63, 3.8) is 0 Å². The van der Waals surface area contributed by atoms with E-state index in [9.17, 15) is 29.1 Å². The zero-order valence-corrected chi connectivity index (χ0v) is 25.0. The minimum atomic E-state index is -1.28. The van der Waals surface area contributed by atoms with E-state index in [0.717, 1.165) is 27.4 Å². The van der Waals surface area contributed by atoms with Gasteiger partial charge in [0.15, 0.2) is 16.9 Å². The number of hydrogen-bond acceptors (Lipinski definition) is 11. The Labute approximate surface area is 264 Å². The standard InChI is InChI=1S/C30H25N5O8S2/c1-2-17-14-44-28-23(27(39)35(28)24(17)29(40)41)33-26(38)22(20-15-45-30(32-20)31-16-36)34-42-13-21(37)43-25(18-9-5-3-6-10-18)19-11-7-4-8-12-19/h2-12,15-16,23,25,28H,1,13-14H2,(H,33,38)(H,40,41)(H,31,32,36)/b34-22-/t23?,28-/m1/s1. The Balaban J connectivity index is 1.31. The number of hydrogen-bond donors (Lipinski definition) is 3. The molecular formula is C30H25N5O8S2. The van der Waals surface area contributed by atoms with Gasteiger partial charge in [-0.3, -0.25) is 19.3 Å². The van der Waals surface area contributed by atoms with Gasteiger partial charge in [0.1, 0.15) is 22.8 Å². The molecule has 15 heteroatoms. The number of carboxylic acid groups (broad SMARTS) is 1. The number of thioether (sulfide) groups is 1. The number of fused-ring (bicyclic) bond motifs is 1. The van der Waals surface area contributed by atoms with Crippen molar-refractivity contribution in [1.82, 2.24) is 15.2 Å². The molecule has 0 radical (unpaired) electrons. The number of aliphatic carboxylic acids is 1. The predicted molar refractivity (Wildman–Crippen MR) is 165 cm³/mol. The maximum absolute atomic E-state index is 13.4. The molecular weight excluding hydrogens is 622 g/mol. The van der Waals surface area contributed by atoms with Crippen LogP contribution in [0.15, 0.2) is 95.1 Å². The number of allylic oxidation sites excluding steroid dienone is 1. The second-order valence-corrected chi connectivity index (χ2v) is 11.4. The summed E-state index contributed by atoms with van der Waals surface area (Å²) in [5.41, 5.74) is 1.30. The summed E-state index contributed by atoms with van der Waals surface area (Å²) in [4.78, 5) is 72.4. The molecule has 13 nitrogen and oxygen atoms in total. The number of β-lactam (4-membered cyclic amide) rings is 1. The number of ether oxygens (including phenoxy) is 1. The summed E-state index contributed by atoms with van der Waals surface area (Å²) >= 11 is 2.27. The number of oxime groups is 1. The number of amides is 3. The highest BCUT2D eigenvalue weighted by molar-refractivity contribution is 8.00. The van der Waals surface area contributed by atoms with Gasteiger partial charge in [0.05, 0.1) is 0 Å². The molecule has 45 heavy (non-hydrogen) atoms. The minimum Gasteiger partial charge on any atom is -0.477 e. The van der Waals surface area contributed by atoms with E-state index in [1.54, 1.807) is 0 Å². The van der Waals surface area contributed by atoms with E-state index in [1.165, 1.54) is 23.2 Å². The molecule has 2 aromatic carbocycles. The fourth-order valence-electron chi connectivity index (χ4n) is 4.61. The van der Waals surface area contributed by atoms with Gasteiger partial charge in [-0.25, -0.2) is 14.6 Å². The van der Waals surface area contributed by atoms with Crippen LogP contribution < -0.4 is 10.6 Å². The Morgan fingerprint density at radius 3 is 2.40 bits per heavy atom. The number of rotatable bonds is 13. The molecule has 1 saturated heterocycles. The van der Waals surface area contributed by atoms with Crippen LogP contribution in [0.3, 0.4) is 0 Å². The van der Waals surface area contributed by atoms with Crippen LogP contribution >= 0.6 is 23.1 Å². The van der Waals surface area contributed by atoms with Crippen molar-refractivity contribution >= 4 is 64.1 Å². The first-order valence-corrected chi connectivity index (χ1v) is 15.2. The number of aromatic nitrogens is 1. The van der Waals surface area contributed by atoms with Gasteiger partial charge < -0.3 is 25.3 Å². The van der Waals surface area contributed by atoms with Crippen molar-refractivity contribution in [3.05, 3.63) is 107 Å². The number of nitrogens with one attached hydrogen (secondary N) is 2. The summed E-state index contributed by atoms with van der Waals surface area (Å²) in [6, 6.07) is 17.2. The molecule has 3 N–H and O–H groups in total. The minimum absolute atomic E-state index is 0.00153. The van der Waals surface area contributed by atoms with Gasteiger partial charge in [0, 0.05) is 11.1 Å². The van der Waals surface area contributed by atoms with Crippen molar-refractivity contribution in [2.24, 2.45) is 5.16 Å². The van der Waals surface area contributed by atoms with Crippen molar-refractivity contribution < 1.29 is 38.7 Å². The molecule has 2 aliphatic rings. The molecule has 1 fully saturated rings. The van der Waals surface area contributed by atoms with Crippen LogP contribution in [0.2, 0.25) is 0 Å². The Morgan fingerprint density at radius 1 is 1.13 bits per heavy atom. The van der Waals surface area contributed by atoms with E-state index in [1.807, 2.05) is 60.7 Å². The average molecular weight is 648 g/mol. The fraction of sp³-hybridized carbons (Fsp3) is 0.167. The Hall–Kier alpha value is -5.28. The first kappa shape index (κ1) is 31.2. The predicted octanol–water partition coefficient (Wildman–Crippen LogP) is 2.69. The van der Waals surface area contributed by atoms with Crippen LogP contribution in [0.1, 0.15) is 22.9 Å². The number of anilines is 1. The van der Waals surface area contributed by atoms with Gasteiger partial charge >= 0.3 is 11.9 Å². The van der Waals surface area contributed by atoms with Gasteiger partial charge in [0.25, 0.3) is 11.8 Å². The molecule has 0 saturated carbocycles. The zero-order chi connectivity index (χ0) is 31.9. The van der Waals surface area contributed by atoms with Crippen molar-refractivity contribution in [3.8, 4) is 0 Å². The molecule has 0 bridgehead atoms. The lowest BCUT2D eigenvalue weighted by Gasteiger charge is -2.49. The number of benzene rings is 2. The number of carbonyl (C=O) groups is 5. The van der Waals surface area contributed by atoms with E-state index >= 15 is 0 Å². The van der Waals surface area contributed by atoms with Crippen LogP contribution in [-0.4, -0.2) is 74.6 Å². The third-order valence-electron chi connectivity index (χ3n) is 6.67. The highest BCUT2D eigenvalue weighted by atomic mass is 32.2. The largest absolute Gasteiger partial charge is 0.477 e. The quantitative estimate of drug-likeness (QED) is 0.0822. The van der Waals surface area contributed by atoms with Crippen molar-refractivity contribution in [2.75, 3.05) is 17.7 Å². The molecule has 1 aromatic heterocycles. The second kappa shape index (κ2) is 14.0. The van der Waals surface area contributed by atoms with Crippen LogP contribution in [0.5, 0.6) is 0 Å². The second-order valence-electron chi connectivity index (χ2n) is 9.45. The summed E-state index contributed by atoms with van der Waals surface area (Å²) in [7, 11) is 0. The normalized spacial score (nSPS) is 17.6. The highest BCUT2D eigenvalue weighted by Gasteiger charge is 2.54. The molecule has 3 amide bonds. The van der Waals surface area contributed by atoms with E-state index in [2.05, 4.69) is 27.4 Å². The highest BCUT2D eigenvalue weighted by Crippen LogP contribution is 2.40. The maximum Gasteiger partial charge on any atom is 0.352 e. The molecule has 1 unspecified atom stereocenters.